The van der Waals surface area contributed by atoms with Crippen molar-refractivity contribution in [3.63, 3.8) is 0 Å². The van der Waals surface area contributed by atoms with Gasteiger partial charge < -0.3 is 29.0 Å². The van der Waals surface area contributed by atoms with Crippen molar-refractivity contribution < 1.29 is 38.0 Å². The maximum absolute atomic E-state index is 15.2. The van der Waals surface area contributed by atoms with Crippen LogP contribution in [0.4, 0.5) is 8.78 Å². The summed E-state index contributed by atoms with van der Waals surface area (Å²) in [7, 11) is 2.90. The highest BCUT2D eigenvalue weighted by Gasteiger charge is 2.22. The first-order chi connectivity index (χ1) is 21.3. The number of carbonyl (C=O) groups excluding carboxylic acids is 1. The fourth-order valence-corrected chi connectivity index (χ4v) is 4.81. The molecular weight excluding hydrogens is 576 g/mol. The number of ether oxygens (including phenoxy) is 3. The number of carbonyl (C=O) groups is 1. The smallest absolute Gasteiger partial charge is 0.257 e. The number of methoxy groups -OCH3 is 2. The van der Waals surface area contributed by atoms with E-state index in [1.54, 1.807) is 6.07 Å². The van der Waals surface area contributed by atoms with E-state index in [-0.39, 0.29) is 59.3 Å². The zero-order valence-electron chi connectivity index (χ0n) is 23.7. The number of fused-ring (bicyclic) bond motifs is 1. The summed E-state index contributed by atoms with van der Waals surface area (Å²) in [6.07, 6.45) is 2.41. The SMILES string of the molecule is COc1cc2nccc(Oc3ccc(CC(=O)c4cn(CCO)c(CO)c(-c5ccc(F)cc5)c4=O)cc3F)c2nc1OC. The van der Waals surface area contributed by atoms with Crippen LogP contribution in [0.2, 0.25) is 0 Å². The van der Waals surface area contributed by atoms with Gasteiger partial charge >= 0.3 is 0 Å². The van der Waals surface area contributed by atoms with E-state index in [1.165, 1.54) is 61.5 Å². The van der Waals surface area contributed by atoms with Gasteiger partial charge in [-0.05, 0) is 35.4 Å². The van der Waals surface area contributed by atoms with Gasteiger partial charge in [-0.25, -0.2) is 13.8 Å². The minimum absolute atomic E-state index is 0.00849. The molecule has 3 heterocycles. The number of aromatic nitrogens is 3. The lowest BCUT2D eigenvalue weighted by Crippen LogP contribution is -2.25. The number of hydrogen-bond acceptors (Lipinski definition) is 9. The van der Waals surface area contributed by atoms with Crippen molar-refractivity contribution in [3.05, 3.63) is 106 Å². The Morgan fingerprint density at radius 1 is 0.955 bits per heavy atom. The van der Waals surface area contributed by atoms with Crippen LogP contribution in [0.25, 0.3) is 22.2 Å². The highest BCUT2D eigenvalue weighted by Crippen LogP contribution is 2.35. The lowest BCUT2D eigenvalue weighted by molar-refractivity contribution is 0.0990. The van der Waals surface area contributed by atoms with Crippen molar-refractivity contribution in [2.24, 2.45) is 0 Å². The van der Waals surface area contributed by atoms with Gasteiger partial charge in [-0.3, -0.25) is 14.6 Å². The molecular formula is C32H27F2N3O7. The fourth-order valence-electron chi connectivity index (χ4n) is 4.81. The molecule has 5 aromatic rings. The molecule has 0 aliphatic carbocycles. The second kappa shape index (κ2) is 13.0. The average molecular weight is 604 g/mol. The van der Waals surface area contributed by atoms with Gasteiger partial charge in [0.1, 0.15) is 11.3 Å². The minimum Gasteiger partial charge on any atom is -0.491 e. The highest BCUT2D eigenvalue weighted by molar-refractivity contribution is 5.98. The maximum atomic E-state index is 15.2. The van der Waals surface area contributed by atoms with Crippen LogP contribution in [0.5, 0.6) is 23.1 Å². The van der Waals surface area contributed by atoms with Crippen molar-refractivity contribution >= 4 is 16.8 Å². The van der Waals surface area contributed by atoms with Crippen LogP contribution >= 0.6 is 0 Å². The molecule has 0 atom stereocenters. The number of rotatable bonds is 11. The number of aliphatic hydroxyl groups is 2. The first kappa shape index (κ1) is 30.3. The zero-order chi connectivity index (χ0) is 31.4. The zero-order valence-corrected chi connectivity index (χ0v) is 23.7. The third kappa shape index (κ3) is 5.98. The molecule has 0 unspecified atom stereocenters. The normalized spacial score (nSPS) is 11.0. The second-order valence-corrected chi connectivity index (χ2v) is 9.62. The number of ketones is 1. The summed E-state index contributed by atoms with van der Waals surface area (Å²) in [4.78, 5) is 35.5. The molecule has 12 heteroatoms. The Kier molecular flexibility index (Phi) is 8.93. The summed E-state index contributed by atoms with van der Waals surface area (Å²) in [5.74, 6) is -1.27. The van der Waals surface area contributed by atoms with Gasteiger partial charge in [0.25, 0.3) is 5.88 Å². The fraction of sp³-hybridized carbons (Fsp3) is 0.188. The van der Waals surface area contributed by atoms with Gasteiger partial charge in [0.05, 0.1) is 49.8 Å². The number of benzene rings is 2. The Labute approximate surface area is 249 Å². The van der Waals surface area contributed by atoms with Crippen molar-refractivity contribution in [1.82, 2.24) is 14.5 Å². The van der Waals surface area contributed by atoms with E-state index in [1.807, 2.05) is 0 Å². The molecule has 0 radical (unpaired) electrons. The molecule has 0 fully saturated rings. The lowest BCUT2D eigenvalue weighted by atomic mass is 9.97. The Morgan fingerprint density at radius 3 is 2.39 bits per heavy atom. The van der Waals surface area contributed by atoms with Gasteiger partial charge in [0, 0.05) is 37.5 Å². The van der Waals surface area contributed by atoms with E-state index in [0.717, 1.165) is 18.2 Å². The van der Waals surface area contributed by atoms with Gasteiger partial charge in [0.2, 0.25) is 5.43 Å². The Balaban J connectivity index is 1.45. The van der Waals surface area contributed by atoms with E-state index in [0.29, 0.717) is 22.3 Å². The molecule has 0 aliphatic rings. The molecule has 10 nitrogen and oxygen atoms in total. The molecule has 0 spiro atoms. The monoisotopic (exact) mass is 603 g/mol. The average Bonchev–Trinajstić information content (AvgIpc) is 3.02. The maximum Gasteiger partial charge on any atom is 0.257 e. The summed E-state index contributed by atoms with van der Waals surface area (Å²) in [5.41, 5.74) is 0.574. The summed E-state index contributed by atoms with van der Waals surface area (Å²) in [6, 6.07) is 12.2. The van der Waals surface area contributed by atoms with Crippen LogP contribution in [0.3, 0.4) is 0 Å². The number of pyridine rings is 3. The van der Waals surface area contributed by atoms with Crippen LogP contribution in [-0.2, 0) is 19.6 Å². The molecule has 3 aromatic heterocycles. The predicted octanol–water partition coefficient (Wildman–Crippen LogP) is 4.46. The predicted molar refractivity (Wildman–Crippen MR) is 156 cm³/mol. The Bertz CT molecular complexity index is 1910. The van der Waals surface area contributed by atoms with Crippen LogP contribution in [-0.4, -0.2) is 51.4 Å². The number of Topliss-reactive ketones (excluding diaryl/α,β-unsaturated/α-hetero) is 1. The molecule has 0 saturated heterocycles. The molecule has 2 N–H and O–H groups in total. The molecule has 0 saturated carbocycles. The molecule has 5 rings (SSSR count). The first-order valence-corrected chi connectivity index (χ1v) is 13.4. The summed E-state index contributed by atoms with van der Waals surface area (Å²) in [6.45, 7) is -0.907. The van der Waals surface area contributed by atoms with Crippen molar-refractivity contribution in [2.75, 3.05) is 20.8 Å². The molecule has 0 aliphatic heterocycles. The number of hydrogen-bond donors (Lipinski definition) is 2. The quantitative estimate of drug-likeness (QED) is 0.210. The molecule has 226 valence electrons. The van der Waals surface area contributed by atoms with Gasteiger partial charge in [-0.15, -0.1) is 0 Å². The van der Waals surface area contributed by atoms with Gasteiger partial charge in [0.15, 0.2) is 28.8 Å². The van der Waals surface area contributed by atoms with Gasteiger partial charge in [-0.2, -0.15) is 0 Å². The topological polar surface area (TPSA) is 133 Å². The summed E-state index contributed by atoms with van der Waals surface area (Å²) < 4.78 is 46.5. The molecule has 2 aromatic carbocycles. The van der Waals surface area contributed by atoms with Crippen LogP contribution in [0, 0.1) is 11.6 Å². The Morgan fingerprint density at radius 2 is 1.73 bits per heavy atom. The number of halogens is 2. The standard InChI is InChI=1S/C32H27F2N3O7/c1-42-28-15-23-30(36-32(28)43-2)27(9-10-35-23)44-26-8-3-18(13-22(26)34)14-25(40)21-16-37(11-12-38)24(17-39)29(31(21)41)19-4-6-20(33)7-5-19/h3-10,13,15-16,38-39H,11-12,14,17H2,1-2H3. The van der Waals surface area contributed by atoms with E-state index in [9.17, 15) is 24.2 Å². The highest BCUT2D eigenvalue weighted by atomic mass is 19.1. The summed E-state index contributed by atoms with van der Waals surface area (Å²) in [5, 5.41) is 19.6. The number of nitrogens with zero attached hydrogens (tertiary/aromatic N) is 3. The number of aliphatic hydroxyl groups excluding tert-OH is 2. The Hall–Kier alpha value is -5.20. The lowest BCUT2D eigenvalue weighted by Gasteiger charge is -2.17. The second-order valence-electron chi connectivity index (χ2n) is 9.62. The first-order valence-electron chi connectivity index (χ1n) is 13.4. The van der Waals surface area contributed by atoms with E-state index in [4.69, 9.17) is 14.2 Å². The van der Waals surface area contributed by atoms with Crippen LogP contribution in [0.15, 0.2) is 71.8 Å². The largest absolute Gasteiger partial charge is 0.491 e. The molecule has 0 bridgehead atoms. The third-order valence-corrected chi connectivity index (χ3v) is 6.92. The van der Waals surface area contributed by atoms with Crippen LogP contribution in [0.1, 0.15) is 21.6 Å². The molecule has 0 amide bonds. The van der Waals surface area contributed by atoms with Crippen molar-refractivity contribution in [2.45, 2.75) is 19.6 Å². The van der Waals surface area contributed by atoms with E-state index in [2.05, 4.69) is 9.97 Å². The van der Waals surface area contributed by atoms with Crippen molar-refractivity contribution in [1.29, 1.82) is 0 Å². The minimum atomic E-state index is -0.763. The molecule has 44 heavy (non-hydrogen) atoms. The van der Waals surface area contributed by atoms with Gasteiger partial charge in [-0.1, -0.05) is 18.2 Å². The van der Waals surface area contributed by atoms with E-state index >= 15 is 4.39 Å². The van der Waals surface area contributed by atoms with E-state index < -0.39 is 29.5 Å². The third-order valence-electron chi connectivity index (χ3n) is 6.92. The van der Waals surface area contributed by atoms with Crippen molar-refractivity contribution in [3.8, 4) is 34.3 Å². The van der Waals surface area contributed by atoms with Crippen LogP contribution < -0.4 is 19.6 Å². The summed E-state index contributed by atoms with van der Waals surface area (Å²) >= 11 is 0.